The van der Waals surface area contributed by atoms with Crippen LogP contribution in [0, 0.1) is 0 Å². The minimum atomic E-state index is -1.04. The summed E-state index contributed by atoms with van der Waals surface area (Å²) in [4.78, 5) is 27.5. The summed E-state index contributed by atoms with van der Waals surface area (Å²) in [7, 11) is 0. The van der Waals surface area contributed by atoms with Gasteiger partial charge >= 0.3 is 0 Å². The first kappa shape index (κ1) is 22.7. The van der Waals surface area contributed by atoms with Gasteiger partial charge in [0, 0.05) is 27.6 Å². The van der Waals surface area contributed by atoms with Crippen molar-refractivity contribution in [3.05, 3.63) is 32.5 Å². The molecule has 3 unspecified atom stereocenters. The van der Waals surface area contributed by atoms with E-state index in [1.165, 1.54) is 0 Å². The second-order valence-corrected chi connectivity index (χ2v) is 8.68. The van der Waals surface area contributed by atoms with Crippen LogP contribution >= 0.6 is 15.9 Å². The van der Waals surface area contributed by atoms with Gasteiger partial charge in [-0.05, 0) is 37.0 Å². The van der Waals surface area contributed by atoms with Gasteiger partial charge in [-0.15, -0.1) is 0 Å². The minimum absolute atomic E-state index is 0.0594. The first-order valence-corrected chi connectivity index (χ1v) is 11.1. The van der Waals surface area contributed by atoms with Crippen LogP contribution in [0.4, 0.5) is 5.69 Å². The number of nitrogens with one attached hydrogen (secondary N) is 3. The van der Waals surface area contributed by atoms with Crippen molar-refractivity contribution in [1.29, 1.82) is 0 Å². The fourth-order valence-corrected chi connectivity index (χ4v) is 4.46. The number of rotatable bonds is 7. The Kier molecular flexibility index (Phi) is 7.51. The van der Waals surface area contributed by atoms with E-state index in [0.717, 1.165) is 25.7 Å². The molecule has 1 aliphatic rings. The Morgan fingerprint density at radius 1 is 1.23 bits per heavy atom. The number of anilines is 1. The molecular weight excluding hydrogens is 454 g/mol. The number of aliphatic hydroxyl groups excluding tert-OH is 2. The average Bonchev–Trinajstić information content (AvgIpc) is 2.68. The zero-order valence-electron chi connectivity index (χ0n) is 16.9. The number of carbonyl (C=O) groups excluding carboxylic acids is 1. The highest BCUT2D eigenvalue weighted by Crippen LogP contribution is 2.40. The largest absolute Gasteiger partial charge is 0.494 e. The Hall–Kier alpha value is -1.94. The molecule has 1 amide bonds. The van der Waals surface area contributed by atoms with Crippen LogP contribution in [0.25, 0.3) is 10.8 Å². The van der Waals surface area contributed by atoms with E-state index in [1.807, 2.05) is 0 Å². The molecular formula is C21H28BrN3O5. The number of hydrogen-bond donors (Lipinski definition) is 6. The fraction of sp³-hybridized carbons (Fsp3) is 0.524. The highest BCUT2D eigenvalue weighted by Gasteiger charge is 2.31. The molecule has 3 rings (SSSR count). The van der Waals surface area contributed by atoms with Crippen LogP contribution in [0.5, 0.6) is 5.88 Å². The van der Waals surface area contributed by atoms with Crippen molar-refractivity contribution in [1.82, 2.24) is 10.3 Å². The van der Waals surface area contributed by atoms with Crippen molar-refractivity contribution < 1.29 is 20.1 Å². The highest BCUT2D eigenvalue weighted by molar-refractivity contribution is 9.10. The van der Waals surface area contributed by atoms with Gasteiger partial charge in [0.15, 0.2) is 5.88 Å². The first-order valence-electron chi connectivity index (χ1n) is 10.3. The number of amides is 1. The molecule has 2 aromatic rings. The summed E-state index contributed by atoms with van der Waals surface area (Å²) >= 11 is 3.42. The summed E-state index contributed by atoms with van der Waals surface area (Å²) in [6, 6.07) is 3.42. The maximum Gasteiger partial charge on any atom is 0.275 e. The van der Waals surface area contributed by atoms with E-state index in [9.17, 15) is 24.9 Å². The van der Waals surface area contributed by atoms with Crippen molar-refractivity contribution in [2.45, 2.75) is 70.2 Å². The number of aliphatic hydroxyl groups is 2. The Morgan fingerprint density at radius 2 is 2.00 bits per heavy atom. The molecule has 0 spiro atoms. The second-order valence-electron chi connectivity index (χ2n) is 7.77. The summed E-state index contributed by atoms with van der Waals surface area (Å²) in [5.41, 5.74) is 0.0573. The van der Waals surface area contributed by atoms with Crippen molar-refractivity contribution in [3.8, 4) is 5.88 Å². The zero-order valence-corrected chi connectivity index (χ0v) is 18.5. The van der Waals surface area contributed by atoms with E-state index in [1.54, 1.807) is 12.1 Å². The van der Waals surface area contributed by atoms with Crippen LogP contribution in [0.15, 0.2) is 21.4 Å². The van der Waals surface area contributed by atoms with E-state index in [4.69, 9.17) is 0 Å². The third-order valence-electron chi connectivity index (χ3n) is 5.51. The van der Waals surface area contributed by atoms with Crippen molar-refractivity contribution in [2.24, 2.45) is 0 Å². The average molecular weight is 482 g/mol. The monoisotopic (exact) mass is 481 g/mol. The van der Waals surface area contributed by atoms with Crippen LogP contribution in [-0.4, -0.2) is 38.7 Å². The molecule has 30 heavy (non-hydrogen) atoms. The fourth-order valence-electron chi connectivity index (χ4n) is 3.99. The number of halogens is 1. The number of unbranched alkanes of at least 4 members (excludes halogenated alkanes) is 3. The molecule has 6 N–H and O–H groups in total. The van der Waals surface area contributed by atoms with Crippen molar-refractivity contribution >= 4 is 38.3 Å². The Bertz CT molecular complexity index is 977. The lowest BCUT2D eigenvalue weighted by atomic mass is 9.86. The summed E-state index contributed by atoms with van der Waals surface area (Å²) in [6.07, 6.45) is 3.13. The zero-order chi connectivity index (χ0) is 21.8. The second kappa shape index (κ2) is 9.91. The number of carbonyl (C=O) groups is 1. The third-order valence-corrected chi connectivity index (χ3v) is 5.97. The van der Waals surface area contributed by atoms with Gasteiger partial charge < -0.3 is 20.6 Å². The SMILES string of the molecule is CCCCCCC(=O)Nc1c(=O)[nH]c(O)c2cc(Br)cc(C3CCC(O)NC3O)c12. The Morgan fingerprint density at radius 3 is 2.70 bits per heavy atom. The third kappa shape index (κ3) is 5.03. The Labute approximate surface area is 182 Å². The molecule has 1 aromatic carbocycles. The smallest absolute Gasteiger partial charge is 0.275 e. The summed E-state index contributed by atoms with van der Waals surface area (Å²) in [6.45, 7) is 2.09. The molecule has 0 bridgehead atoms. The van der Waals surface area contributed by atoms with E-state index in [-0.39, 0.29) is 17.5 Å². The molecule has 0 saturated carbocycles. The molecule has 1 aromatic heterocycles. The van der Waals surface area contributed by atoms with Gasteiger partial charge in [-0.25, -0.2) is 0 Å². The number of fused-ring (bicyclic) bond motifs is 1. The van der Waals surface area contributed by atoms with Crippen molar-refractivity contribution in [3.63, 3.8) is 0 Å². The molecule has 8 nitrogen and oxygen atoms in total. The number of H-pyrrole nitrogens is 1. The molecule has 1 saturated heterocycles. The lowest BCUT2D eigenvalue weighted by Crippen LogP contribution is -2.46. The number of piperidine rings is 1. The molecule has 164 valence electrons. The number of aromatic hydroxyl groups is 1. The van der Waals surface area contributed by atoms with E-state index in [0.29, 0.717) is 40.1 Å². The molecule has 0 aliphatic carbocycles. The number of aromatic amines is 1. The predicted octanol–water partition coefficient (Wildman–Crippen LogP) is 3.01. The van der Waals surface area contributed by atoms with Gasteiger partial charge in [0.25, 0.3) is 5.56 Å². The molecule has 3 atom stereocenters. The minimum Gasteiger partial charge on any atom is -0.494 e. The molecule has 2 heterocycles. The Balaban J connectivity index is 2.04. The van der Waals surface area contributed by atoms with E-state index in [2.05, 4.69) is 38.5 Å². The maximum absolute atomic E-state index is 12.7. The van der Waals surface area contributed by atoms with Crippen LogP contribution in [-0.2, 0) is 4.79 Å². The van der Waals surface area contributed by atoms with Gasteiger partial charge in [-0.3, -0.25) is 19.9 Å². The normalized spacial score (nSPS) is 21.7. The molecule has 1 fully saturated rings. The molecule has 9 heteroatoms. The van der Waals surface area contributed by atoms with Crippen molar-refractivity contribution in [2.75, 3.05) is 5.32 Å². The van der Waals surface area contributed by atoms with Crippen LogP contribution in [0.2, 0.25) is 0 Å². The predicted molar refractivity (Wildman–Crippen MR) is 118 cm³/mol. The summed E-state index contributed by atoms with van der Waals surface area (Å²) < 4.78 is 0.655. The lowest BCUT2D eigenvalue weighted by molar-refractivity contribution is -0.116. The van der Waals surface area contributed by atoms with Crippen LogP contribution in [0.3, 0.4) is 0 Å². The molecule has 1 aliphatic heterocycles. The number of aromatic nitrogens is 1. The summed E-state index contributed by atoms with van der Waals surface area (Å²) in [5.74, 6) is -1.01. The molecule has 0 radical (unpaired) electrons. The standard InChI is InChI=1S/C21H28BrN3O5/c1-2-3-4-5-6-15(26)23-18-17-13(12-7-8-16(27)24-19(12)28)9-11(22)10-14(17)20(29)25-21(18)30/h9-10,12,16,19,24,27-28H,2-8H2,1H3,(H,23,26)(H2,25,29,30). The topological polar surface area (TPSA) is 135 Å². The van der Waals surface area contributed by atoms with Gasteiger partial charge in [0.1, 0.15) is 18.1 Å². The van der Waals surface area contributed by atoms with Crippen LogP contribution < -0.4 is 16.2 Å². The lowest BCUT2D eigenvalue weighted by Gasteiger charge is -2.33. The first-order chi connectivity index (χ1) is 14.3. The van der Waals surface area contributed by atoms with E-state index >= 15 is 0 Å². The highest BCUT2D eigenvalue weighted by atomic mass is 79.9. The maximum atomic E-state index is 12.7. The van der Waals surface area contributed by atoms with Gasteiger partial charge in [0.2, 0.25) is 5.91 Å². The number of hydrogen-bond acceptors (Lipinski definition) is 6. The number of benzene rings is 1. The summed E-state index contributed by atoms with van der Waals surface area (Å²) in [5, 5.41) is 36.8. The van der Waals surface area contributed by atoms with Gasteiger partial charge in [0.05, 0.1) is 0 Å². The van der Waals surface area contributed by atoms with Gasteiger partial charge in [-0.2, -0.15) is 0 Å². The van der Waals surface area contributed by atoms with Crippen LogP contribution in [0.1, 0.15) is 63.4 Å². The quantitative estimate of drug-likeness (QED) is 0.336. The van der Waals surface area contributed by atoms with Gasteiger partial charge in [-0.1, -0.05) is 42.1 Å². The number of pyridine rings is 1. The van der Waals surface area contributed by atoms with E-state index < -0.39 is 23.9 Å².